The number of carbonyl (C=O) groups is 1. The van der Waals surface area contributed by atoms with Crippen molar-refractivity contribution in [1.29, 1.82) is 0 Å². The number of aliphatic carboxylic acids is 1. The van der Waals surface area contributed by atoms with Gasteiger partial charge in [0.25, 0.3) is 0 Å². The molecule has 17 heavy (non-hydrogen) atoms. The van der Waals surface area contributed by atoms with Crippen LogP contribution in [0.25, 0.3) is 0 Å². The lowest BCUT2D eigenvalue weighted by molar-refractivity contribution is -0.136. The predicted molar refractivity (Wildman–Crippen MR) is 61.5 cm³/mol. The molecule has 0 radical (unpaired) electrons. The minimum absolute atomic E-state index is 0.0600. The summed E-state index contributed by atoms with van der Waals surface area (Å²) in [5.74, 6) is -1.67. The first-order valence-electron chi connectivity index (χ1n) is 4.76. The zero-order chi connectivity index (χ0) is 13.5. The van der Waals surface area contributed by atoms with Crippen molar-refractivity contribution in [1.82, 2.24) is 9.44 Å². The Kier molecular flexibility index (Phi) is 6.60. The van der Waals surface area contributed by atoms with Crippen molar-refractivity contribution in [3.63, 3.8) is 0 Å². The Morgan fingerprint density at radius 1 is 1.12 bits per heavy atom. The molecule has 3 N–H and O–H groups in total. The summed E-state index contributed by atoms with van der Waals surface area (Å²) in [6, 6.07) is 0. The lowest BCUT2D eigenvalue weighted by Gasteiger charge is -2.05. The number of hydrogen-bond donors (Lipinski definition) is 3. The van der Waals surface area contributed by atoms with Crippen LogP contribution >= 0.6 is 0 Å². The first kappa shape index (κ1) is 16.3. The molecule has 8 nitrogen and oxygen atoms in total. The third-order valence-electron chi connectivity index (χ3n) is 1.62. The SMILES string of the molecule is CS(=O)(=O)NCCCNS(=O)(=O)CCC(=O)O. The zero-order valence-electron chi connectivity index (χ0n) is 9.34. The second kappa shape index (κ2) is 6.89. The minimum Gasteiger partial charge on any atom is -0.481 e. The van der Waals surface area contributed by atoms with Gasteiger partial charge < -0.3 is 5.11 Å². The van der Waals surface area contributed by atoms with E-state index in [-0.39, 0.29) is 13.1 Å². The number of carboxylic acids is 1. The molecule has 0 fully saturated rings. The van der Waals surface area contributed by atoms with Crippen LogP contribution in [0.5, 0.6) is 0 Å². The first-order chi connectivity index (χ1) is 7.62. The van der Waals surface area contributed by atoms with Crippen LogP contribution in [-0.4, -0.2) is 53.0 Å². The highest BCUT2D eigenvalue weighted by Crippen LogP contribution is 1.90. The number of carboxylic acid groups (broad SMARTS) is 1. The molecular weight excluding hydrogens is 272 g/mol. The molecule has 0 saturated carbocycles. The molecule has 102 valence electrons. The van der Waals surface area contributed by atoms with Gasteiger partial charge in [-0.25, -0.2) is 26.3 Å². The highest BCUT2D eigenvalue weighted by molar-refractivity contribution is 7.89. The summed E-state index contributed by atoms with van der Waals surface area (Å²) in [7, 11) is -6.87. The molecule has 0 aliphatic carbocycles. The quantitative estimate of drug-likeness (QED) is 0.434. The minimum atomic E-state index is -3.60. The molecule has 0 aromatic heterocycles. The van der Waals surface area contributed by atoms with Crippen LogP contribution in [0.1, 0.15) is 12.8 Å². The summed E-state index contributed by atoms with van der Waals surface area (Å²) in [4.78, 5) is 10.2. The smallest absolute Gasteiger partial charge is 0.304 e. The molecule has 0 unspecified atom stereocenters. The summed E-state index contributed by atoms with van der Waals surface area (Å²) in [6.07, 6.45) is 0.834. The molecule has 0 aliphatic heterocycles. The van der Waals surface area contributed by atoms with Crippen molar-refractivity contribution in [3.8, 4) is 0 Å². The van der Waals surface area contributed by atoms with Crippen molar-refractivity contribution in [2.45, 2.75) is 12.8 Å². The fourth-order valence-electron chi connectivity index (χ4n) is 0.867. The van der Waals surface area contributed by atoms with Gasteiger partial charge in [0.1, 0.15) is 0 Å². The van der Waals surface area contributed by atoms with E-state index in [4.69, 9.17) is 5.11 Å². The van der Waals surface area contributed by atoms with Gasteiger partial charge in [0.2, 0.25) is 20.0 Å². The predicted octanol–water partition coefficient (Wildman–Crippen LogP) is -1.68. The summed E-state index contributed by atoms with van der Waals surface area (Å²) >= 11 is 0. The molecule has 0 bridgehead atoms. The van der Waals surface area contributed by atoms with Crippen LogP contribution in [0, 0.1) is 0 Å². The molecule has 0 heterocycles. The van der Waals surface area contributed by atoms with E-state index in [2.05, 4.69) is 9.44 Å². The van der Waals surface area contributed by atoms with Gasteiger partial charge in [-0.15, -0.1) is 0 Å². The lowest BCUT2D eigenvalue weighted by Crippen LogP contribution is -2.31. The van der Waals surface area contributed by atoms with Gasteiger partial charge >= 0.3 is 5.97 Å². The first-order valence-corrected chi connectivity index (χ1v) is 8.30. The Balaban J connectivity index is 3.77. The van der Waals surface area contributed by atoms with Gasteiger partial charge in [-0.3, -0.25) is 4.79 Å². The molecule has 0 saturated heterocycles. The maximum absolute atomic E-state index is 11.2. The van der Waals surface area contributed by atoms with Crippen molar-refractivity contribution in [2.75, 3.05) is 25.1 Å². The summed E-state index contributed by atoms with van der Waals surface area (Å²) in [6.45, 7) is 0.185. The fraction of sp³-hybridized carbons (Fsp3) is 0.857. The Morgan fingerprint density at radius 2 is 1.65 bits per heavy atom. The highest BCUT2D eigenvalue weighted by atomic mass is 32.2. The van der Waals surface area contributed by atoms with Gasteiger partial charge in [-0.2, -0.15) is 0 Å². The van der Waals surface area contributed by atoms with Crippen LogP contribution in [0.3, 0.4) is 0 Å². The second-order valence-corrected chi connectivity index (χ2v) is 7.14. The number of sulfonamides is 2. The maximum atomic E-state index is 11.2. The third kappa shape index (κ3) is 11.6. The molecular formula is C7H16N2O6S2. The van der Waals surface area contributed by atoms with Crippen molar-refractivity contribution < 1.29 is 26.7 Å². The number of rotatable bonds is 9. The van der Waals surface area contributed by atoms with E-state index in [0.29, 0.717) is 6.42 Å². The number of hydrogen-bond acceptors (Lipinski definition) is 5. The van der Waals surface area contributed by atoms with Crippen LogP contribution in [-0.2, 0) is 24.8 Å². The fourth-order valence-corrected chi connectivity index (χ4v) is 2.43. The van der Waals surface area contributed by atoms with Crippen LogP contribution < -0.4 is 9.44 Å². The van der Waals surface area contributed by atoms with Crippen LogP contribution in [0.15, 0.2) is 0 Å². The maximum Gasteiger partial charge on any atom is 0.304 e. The molecule has 0 amide bonds. The van der Waals surface area contributed by atoms with Gasteiger partial charge in [-0.05, 0) is 6.42 Å². The monoisotopic (exact) mass is 288 g/mol. The number of nitrogens with one attached hydrogen (secondary N) is 2. The van der Waals surface area contributed by atoms with Crippen LogP contribution in [0.2, 0.25) is 0 Å². The summed E-state index contributed by atoms with van der Waals surface area (Å²) in [5.41, 5.74) is 0. The van der Waals surface area contributed by atoms with Crippen molar-refractivity contribution >= 4 is 26.0 Å². The topological polar surface area (TPSA) is 130 Å². The van der Waals surface area contributed by atoms with Crippen molar-refractivity contribution in [3.05, 3.63) is 0 Å². The van der Waals surface area contributed by atoms with E-state index in [9.17, 15) is 21.6 Å². The third-order valence-corrected chi connectivity index (χ3v) is 3.74. The van der Waals surface area contributed by atoms with E-state index in [0.717, 1.165) is 6.26 Å². The molecule has 0 aromatic rings. The Morgan fingerprint density at radius 3 is 2.12 bits per heavy atom. The molecule has 0 aliphatic rings. The normalized spacial score (nSPS) is 12.5. The lowest BCUT2D eigenvalue weighted by atomic mass is 10.4. The summed E-state index contributed by atoms with van der Waals surface area (Å²) < 4.78 is 48.0. The second-order valence-electron chi connectivity index (χ2n) is 3.38. The van der Waals surface area contributed by atoms with Gasteiger partial charge in [-0.1, -0.05) is 0 Å². The largest absolute Gasteiger partial charge is 0.481 e. The van der Waals surface area contributed by atoms with E-state index in [1.54, 1.807) is 0 Å². The van der Waals surface area contributed by atoms with E-state index < -0.39 is 38.2 Å². The standard InChI is InChI=1S/C7H16N2O6S2/c1-16(12,13)8-4-2-5-9-17(14,15)6-3-7(10)11/h8-9H,2-6H2,1H3,(H,10,11). The molecule has 10 heteroatoms. The van der Waals surface area contributed by atoms with Gasteiger partial charge in [0.05, 0.1) is 18.4 Å². The highest BCUT2D eigenvalue weighted by Gasteiger charge is 2.11. The Bertz CT molecular complexity index is 441. The molecule has 0 aromatic carbocycles. The zero-order valence-corrected chi connectivity index (χ0v) is 11.0. The van der Waals surface area contributed by atoms with Gasteiger partial charge in [0.15, 0.2) is 0 Å². The van der Waals surface area contributed by atoms with Crippen molar-refractivity contribution in [2.24, 2.45) is 0 Å². The average molecular weight is 288 g/mol. The van der Waals surface area contributed by atoms with E-state index in [1.165, 1.54) is 0 Å². The molecule has 0 atom stereocenters. The van der Waals surface area contributed by atoms with E-state index >= 15 is 0 Å². The average Bonchev–Trinajstić information content (AvgIpc) is 2.12. The van der Waals surface area contributed by atoms with E-state index in [1.807, 2.05) is 0 Å². The molecule has 0 spiro atoms. The molecule has 0 rings (SSSR count). The Hall–Kier alpha value is -0.710. The van der Waals surface area contributed by atoms with Crippen LogP contribution in [0.4, 0.5) is 0 Å². The Labute approximate surface area is 101 Å². The van der Waals surface area contributed by atoms with Gasteiger partial charge in [0, 0.05) is 13.1 Å². The summed E-state index contributed by atoms with van der Waals surface area (Å²) in [5, 5.41) is 8.31.